The molecule has 0 aliphatic heterocycles. The molecule has 0 radical (unpaired) electrons. The summed E-state index contributed by atoms with van der Waals surface area (Å²) in [6.45, 7) is 1.06. The minimum Gasteiger partial charge on any atom is -0.326 e. The number of hydrogen-bond donors (Lipinski definition) is 1. The number of rotatable bonds is 7. The molecule has 3 aromatic carbocycles. The lowest BCUT2D eigenvalue weighted by atomic mass is 10.1. The van der Waals surface area contributed by atoms with Crippen LogP contribution in [-0.4, -0.2) is 19.5 Å². The third-order valence-corrected chi connectivity index (χ3v) is 6.16. The molecule has 0 bridgehead atoms. The highest BCUT2D eigenvalue weighted by Crippen LogP contribution is 2.30. The van der Waals surface area contributed by atoms with Crippen LogP contribution in [0.5, 0.6) is 0 Å². The van der Waals surface area contributed by atoms with Crippen molar-refractivity contribution in [2.75, 3.05) is 0 Å². The molecule has 7 heteroatoms. The van der Waals surface area contributed by atoms with Gasteiger partial charge in [0.25, 0.3) is 0 Å². The van der Waals surface area contributed by atoms with Crippen LogP contribution in [0.25, 0.3) is 22.6 Å². The number of nitrogens with two attached hydrogens (primary N) is 1. The maximum absolute atomic E-state index is 14.1. The molecule has 5 nitrogen and oxygen atoms in total. The van der Waals surface area contributed by atoms with Crippen LogP contribution in [-0.2, 0) is 25.9 Å². The minimum atomic E-state index is -0.212. The molecule has 2 heterocycles. The Kier molecular flexibility index (Phi) is 6.34. The summed E-state index contributed by atoms with van der Waals surface area (Å²) in [5.41, 5.74) is 10.8. The highest BCUT2D eigenvalue weighted by molar-refractivity contribution is 6.33. The Balaban J connectivity index is 1.56. The molecule has 0 amide bonds. The average Bonchev–Trinajstić information content (AvgIpc) is 3.21. The quantitative estimate of drug-likeness (QED) is 0.336. The van der Waals surface area contributed by atoms with Crippen molar-refractivity contribution >= 4 is 22.8 Å². The van der Waals surface area contributed by atoms with E-state index < -0.39 is 0 Å². The molecule has 2 N–H and O–H groups in total. The van der Waals surface area contributed by atoms with Crippen molar-refractivity contribution in [3.8, 4) is 11.4 Å². The van der Waals surface area contributed by atoms with Gasteiger partial charge in [0.05, 0.1) is 17.8 Å². The molecule has 170 valence electrons. The third kappa shape index (κ3) is 4.55. The van der Waals surface area contributed by atoms with Crippen molar-refractivity contribution in [2.24, 2.45) is 5.73 Å². The molecule has 2 aromatic heterocycles. The van der Waals surface area contributed by atoms with Gasteiger partial charge in [-0.05, 0) is 41.3 Å². The first-order valence-electron chi connectivity index (χ1n) is 11.1. The van der Waals surface area contributed by atoms with Crippen molar-refractivity contribution in [2.45, 2.75) is 25.9 Å². The fourth-order valence-corrected chi connectivity index (χ4v) is 4.20. The molecule has 5 rings (SSSR count). The van der Waals surface area contributed by atoms with E-state index in [1.54, 1.807) is 18.3 Å². The van der Waals surface area contributed by atoms with Crippen LogP contribution in [0.2, 0.25) is 5.02 Å². The van der Waals surface area contributed by atoms with Crippen molar-refractivity contribution in [3.63, 3.8) is 0 Å². The van der Waals surface area contributed by atoms with Gasteiger partial charge in [-0.25, -0.2) is 19.3 Å². The van der Waals surface area contributed by atoms with E-state index in [0.29, 0.717) is 47.9 Å². The minimum absolute atomic E-state index is 0.212. The van der Waals surface area contributed by atoms with Gasteiger partial charge in [0.1, 0.15) is 23.0 Å². The number of hydrogen-bond acceptors (Lipinski definition) is 4. The molecule has 0 saturated carbocycles. The Morgan fingerprint density at radius 3 is 2.35 bits per heavy atom. The van der Waals surface area contributed by atoms with Crippen molar-refractivity contribution in [1.29, 1.82) is 0 Å². The van der Waals surface area contributed by atoms with E-state index in [1.807, 2.05) is 42.5 Å². The van der Waals surface area contributed by atoms with Gasteiger partial charge in [0.15, 0.2) is 5.65 Å². The van der Waals surface area contributed by atoms with E-state index in [1.165, 1.54) is 6.07 Å². The second-order valence-corrected chi connectivity index (χ2v) is 8.52. The molecule has 5 aromatic rings. The van der Waals surface area contributed by atoms with E-state index in [-0.39, 0.29) is 5.82 Å². The summed E-state index contributed by atoms with van der Waals surface area (Å²) in [6, 6.07) is 22.6. The number of nitrogens with zero attached hydrogens (tertiary/aromatic N) is 4. The van der Waals surface area contributed by atoms with Crippen molar-refractivity contribution in [1.82, 2.24) is 19.5 Å². The van der Waals surface area contributed by atoms with Gasteiger partial charge in [0, 0.05) is 18.5 Å². The Morgan fingerprint density at radius 1 is 0.853 bits per heavy atom. The van der Waals surface area contributed by atoms with Gasteiger partial charge < -0.3 is 10.3 Å². The Labute approximate surface area is 202 Å². The van der Waals surface area contributed by atoms with Crippen LogP contribution in [0.4, 0.5) is 4.39 Å². The Hall–Kier alpha value is -3.61. The fraction of sp³-hybridized carbons (Fsp3) is 0.148. The molecule has 0 atom stereocenters. The van der Waals surface area contributed by atoms with Crippen LogP contribution in [0.3, 0.4) is 0 Å². The average molecular weight is 472 g/mol. The van der Waals surface area contributed by atoms with Gasteiger partial charge in [0.2, 0.25) is 0 Å². The van der Waals surface area contributed by atoms with Crippen LogP contribution in [0.1, 0.15) is 22.5 Å². The first kappa shape index (κ1) is 22.2. The van der Waals surface area contributed by atoms with Crippen LogP contribution in [0.15, 0.2) is 79.0 Å². The normalized spacial score (nSPS) is 11.3. The zero-order valence-corrected chi connectivity index (χ0v) is 19.2. The van der Waals surface area contributed by atoms with Crippen molar-refractivity contribution < 1.29 is 4.39 Å². The first-order valence-corrected chi connectivity index (χ1v) is 11.5. The maximum Gasteiger partial charge on any atom is 0.164 e. The highest BCUT2D eigenvalue weighted by atomic mass is 35.5. The lowest BCUT2D eigenvalue weighted by Crippen LogP contribution is -2.06. The second-order valence-electron chi connectivity index (χ2n) is 8.11. The standard InChI is InChI=1S/C27H23ClFN5/c28-22-7-3-2-6-21(22)26-32-24-16-31-25(14-13-20-5-1-4-8-23(20)29)33-27(24)34(26)17-19-11-9-18(15-30)10-12-19/h1-12,16H,13-15,17,30H2. The van der Waals surface area contributed by atoms with Gasteiger partial charge in [-0.2, -0.15) is 0 Å². The largest absolute Gasteiger partial charge is 0.326 e. The lowest BCUT2D eigenvalue weighted by molar-refractivity contribution is 0.607. The molecular weight excluding hydrogens is 449 g/mol. The maximum atomic E-state index is 14.1. The van der Waals surface area contributed by atoms with Crippen LogP contribution in [0, 0.1) is 5.82 Å². The topological polar surface area (TPSA) is 69.6 Å². The summed E-state index contributed by atoms with van der Waals surface area (Å²) >= 11 is 6.53. The van der Waals surface area contributed by atoms with Gasteiger partial charge in [-0.15, -0.1) is 0 Å². The van der Waals surface area contributed by atoms with Crippen LogP contribution < -0.4 is 5.73 Å². The molecule has 34 heavy (non-hydrogen) atoms. The van der Waals surface area contributed by atoms with Gasteiger partial charge in [-0.1, -0.05) is 66.2 Å². The monoisotopic (exact) mass is 471 g/mol. The number of fused-ring (bicyclic) bond motifs is 1. The summed E-state index contributed by atoms with van der Waals surface area (Å²) in [5, 5.41) is 0.616. The Morgan fingerprint density at radius 2 is 1.59 bits per heavy atom. The Bertz CT molecular complexity index is 1450. The van der Waals surface area contributed by atoms with E-state index in [0.717, 1.165) is 28.2 Å². The predicted octanol–water partition coefficient (Wildman–Crippen LogP) is 5.58. The van der Waals surface area contributed by atoms with E-state index >= 15 is 0 Å². The fourth-order valence-electron chi connectivity index (χ4n) is 3.98. The van der Waals surface area contributed by atoms with Gasteiger partial charge >= 0.3 is 0 Å². The molecule has 0 aliphatic carbocycles. The number of aryl methyl sites for hydroxylation is 2. The van der Waals surface area contributed by atoms with Crippen molar-refractivity contribution in [3.05, 3.63) is 112 Å². The number of aromatic nitrogens is 4. The summed E-state index contributed by atoms with van der Waals surface area (Å²) < 4.78 is 16.1. The zero-order valence-electron chi connectivity index (χ0n) is 18.5. The second kappa shape index (κ2) is 9.71. The smallest absolute Gasteiger partial charge is 0.164 e. The number of benzene rings is 3. The zero-order chi connectivity index (χ0) is 23.5. The summed E-state index contributed by atoms with van der Waals surface area (Å²) in [7, 11) is 0. The molecular formula is C27H23ClFN5. The predicted molar refractivity (Wildman–Crippen MR) is 133 cm³/mol. The van der Waals surface area contributed by atoms with E-state index in [2.05, 4.69) is 21.7 Å². The lowest BCUT2D eigenvalue weighted by Gasteiger charge is -2.11. The highest BCUT2D eigenvalue weighted by Gasteiger charge is 2.17. The first-order chi connectivity index (χ1) is 16.6. The summed E-state index contributed by atoms with van der Waals surface area (Å²) in [6.07, 6.45) is 2.77. The summed E-state index contributed by atoms with van der Waals surface area (Å²) in [5.74, 6) is 1.15. The molecule has 0 saturated heterocycles. The third-order valence-electron chi connectivity index (χ3n) is 5.83. The van der Waals surface area contributed by atoms with Gasteiger partial charge in [-0.3, -0.25) is 0 Å². The molecule has 0 spiro atoms. The molecule has 0 unspecified atom stereocenters. The van der Waals surface area contributed by atoms with E-state index in [9.17, 15) is 4.39 Å². The number of imidazole rings is 1. The molecule has 0 aliphatic rings. The van der Waals surface area contributed by atoms with E-state index in [4.69, 9.17) is 27.3 Å². The number of halogens is 2. The SMILES string of the molecule is NCc1ccc(Cn2c(-c3ccccc3Cl)nc3cnc(CCc4ccccc4F)nc32)cc1. The van der Waals surface area contributed by atoms with Crippen LogP contribution >= 0.6 is 11.6 Å². The summed E-state index contributed by atoms with van der Waals surface area (Å²) in [4.78, 5) is 14.1. The molecule has 0 fully saturated rings.